The molecule has 4 nitrogen and oxygen atoms in total. The number of aliphatic imine (C=N–C) groups is 1. The van der Waals surface area contributed by atoms with Crippen LogP contribution in [0.4, 0.5) is 0 Å². The molecule has 0 aromatic carbocycles. The molecule has 0 amide bonds. The minimum Gasteiger partial charge on any atom is -0.380 e. The number of hydrogen-bond acceptors (Lipinski definition) is 2. The molecule has 124 valence electrons. The highest BCUT2D eigenvalue weighted by molar-refractivity contribution is 5.79. The summed E-state index contributed by atoms with van der Waals surface area (Å²) in [6.45, 7) is 8.18. The number of ether oxygens (including phenoxy) is 1. The summed E-state index contributed by atoms with van der Waals surface area (Å²) in [7, 11) is 1.84. The molecule has 0 saturated carbocycles. The molecule has 1 rings (SSSR count). The van der Waals surface area contributed by atoms with Crippen LogP contribution < -0.4 is 10.6 Å². The maximum Gasteiger partial charge on any atom is 0.190 e. The smallest absolute Gasteiger partial charge is 0.190 e. The van der Waals surface area contributed by atoms with E-state index < -0.39 is 0 Å². The van der Waals surface area contributed by atoms with Crippen molar-refractivity contribution in [3.05, 3.63) is 0 Å². The molecule has 1 saturated heterocycles. The van der Waals surface area contributed by atoms with Gasteiger partial charge in [-0.1, -0.05) is 58.8 Å². The van der Waals surface area contributed by atoms with Gasteiger partial charge in [0.15, 0.2) is 5.96 Å². The Hall–Kier alpha value is -0.770. The lowest BCUT2D eigenvalue weighted by atomic mass is 9.89. The number of guanidine groups is 1. The van der Waals surface area contributed by atoms with Gasteiger partial charge >= 0.3 is 0 Å². The molecule has 0 aromatic heterocycles. The molecule has 0 atom stereocenters. The van der Waals surface area contributed by atoms with Gasteiger partial charge in [-0.05, 0) is 6.42 Å². The van der Waals surface area contributed by atoms with E-state index in [4.69, 9.17) is 4.74 Å². The van der Waals surface area contributed by atoms with Crippen molar-refractivity contribution in [1.29, 1.82) is 0 Å². The van der Waals surface area contributed by atoms with Crippen LogP contribution in [0.3, 0.4) is 0 Å². The Bertz CT molecular complexity index is 288. The monoisotopic (exact) mass is 297 g/mol. The third-order valence-corrected chi connectivity index (χ3v) is 4.13. The molecule has 0 aromatic rings. The highest BCUT2D eigenvalue weighted by atomic mass is 16.5. The minimum absolute atomic E-state index is 0.288. The van der Waals surface area contributed by atoms with Crippen molar-refractivity contribution in [2.45, 2.75) is 65.2 Å². The van der Waals surface area contributed by atoms with Crippen molar-refractivity contribution in [2.24, 2.45) is 10.4 Å². The Labute approximate surface area is 131 Å². The predicted molar refractivity (Wildman–Crippen MR) is 90.9 cm³/mol. The van der Waals surface area contributed by atoms with E-state index in [0.29, 0.717) is 0 Å². The Morgan fingerprint density at radius 2 is 1.62 bits per heavy atom. The lowest BCUT2D eigenvalue weighted by Gasteiger charge is -2.38. The highest BCUT2D eigenvalue weighted by Crippen LogP contribution is 2.24. The average molecular weight is 297 g/mol. The Balaban J connectivity index is 1.92. The van der Waals surface area contributed by atoms with Gasteiger partial charge in [-0.15, -0.1) is 0 Å². The number of unbranched alkanes of at least 4 members (excludes halogenated alkanes) is 7. The van der Waals surface area contributed by atoms with Crippen molar-refractivity contribution < 1.29 is 4.74 Å². The fraction of sp³-hybridized carbons (Fsp3) is 0.941. The normalized spacial score (nSPS) is 17.4. The number of nitrogens with zero attached hydrogens (tertiary/aromatic N) is 1. The third kappa shape index (κ3) is 8.30. The third-order valence-electron chi connectivity index (χ3n) is 4.13. The lowest BCUT2D eigenvalue weighted by Crippen LogP contribution is -2.51. The molecule has 2 N–H and O–H groups in total. The fourth-order valence-electron chi connectivity index (χ4n) is 2.54. The molecule has 0 unspecified atom stereocenters. The van der Waals surface area contributed by atoms with Gasteiger partial charge in [0.2, 0.25) is 0 Å². The summed E-state index contributed by atoms with van der Waals surface area (Å²) in [6.07, 6.45) is 10.9. The fourth-order valence-corrected chi connectivity index (χ4v) is 2.54. The zero-order valence-electron chi connectivity index (χ0n) is 14.3. The average Bonchev–Trinajstić information content (AvgIpc) is 2.46. The summed E-state index contributed by atoms with van der Waals surface area (Å²) in [5.74, 6) is 0.922. The summed E-state index contributed by atoms with van der Waals surface area (Å²) in [5.41, 5.74) is 0.288. The van der Waals surface area contributed by atoms with Gasteiger partial charge in [-0.3, -0.25) is 4.99 Å². The molecule has 4 heteroatoms. The molecule has 21 heavy (non-hydrogen) atoms. The topological polar surface area (TPSA) is 45.7 Å². The second kappa shape index (κ2) is 10.9. The van der Waals surface area contributed by atoms with Gasteiger partial charge in [0, 0.05) is 25.6 Å². The molecule has 1 aliphatic heterocycles. The van der Waals surface area contributed by atoms with Crippen LogP contribution >= 0.6 is 0 Å². The highest BCUT2D eigenvalue weighted by Gasteiger charge is 2.33. The summed E-state index contributed by atoms with van der Waals surface area (Å²) in [4.78, 5) is 4.27. The van der Waals surface area contributed by atoms with E-state index in [1.165, 1.54) is 51.4 Å². The lowest BCUT2D eigenvalue weighted by molar-refractivity contribution is -0.0971. The van der Waals surface area contributed by atoms with E-state index in [2.05, 4.69) is 29.5 Å². The molecule has 0 radical (unpaired) electrons. The first-order valence-electron chi connectivity index (χ1n) is 8.72. The van der Waals surface area contributed by atoms with E-state index in [-0.39, 0.29) is 5.41 Å². The molecular weight excluding hydrogens is 262 g/mol. The van der Waals surface area contributed by atoms with Crippen LogP contribution in [-0.4, -0.2) is 39.3 Å². The number of rotatable bonds is 11. The van der Waals surface area contributed by atoms with Crippen LogP contribution in [0.15, 0.2) is 4.99 Å². The van der Waals surface area contributed by atoms with Gasteiger partial charge < -0.3 is 15.4 Å². The summed E-state index contributed by atoms with van der Waals surface area (Å²) >= 11 is 0. The van der Waals surface area contributed by atoms with E-state index >= 15 is 0 Å². The van der Waals surface area contributed by atoms with Crippen molar-refractivity contribution in [3.8, 4) is 0 Å². The number of nitrogens with one attached hydrogen (secondary N) is 2. The molecular formula is C17H35N3O. The SMILES string of the molecule is CCCCCCCCCCNC(=NC)NCC1(C)COC1. The van der Waals surface area contributed by atoms with E-state index in [0.717, 1.165) is 32.3 Å². The largest absolute Gasteiger partial charge is 0.380 e. The summed E-state index contributed by atoms with van der Waals surface area (Å²) in [6, 6.07) is 0. The van der Waals surface area contributed by atoms with E-state index in [1.54, 1.807) is 0 Å². The van der Waals surface area contributed by atoms with Gasteiger partial charge in [0.25, 0.3) is 0 Å². The molecule has 0 aliphatic carbocycles. The first-order chi connectivity index (χ1) is 10.2. The van der Waals surface area contributed by atoms with Crippen LogP contribution in [0, 0.1) is 5.41 Å². The Kier molecular flexibility index (Phi) is 9.48. The Morgan fingerprint density at radius 1 is 1.00 bits per heavy atom. The minimum atomic E-state index is 0.288. The quantitative estimate of drug-likeness (QED) is 0.349. The predicted octanol–water partition coefficient (Wildman–Crippen LogP) is 3.33. The van der Waals surface area contributed by atoms with Crippen molar-refractivity contribution in [1.82, 2.24) is 10.6 Å². The van der Waals surface area contributed by atoms with Gasteiger partial charge in [-0.2, -0.15) is 0 Å². The second-order valence-electron chi connectivity index (χ2n) is 6.63. The van der Waals surface area contributed by atoms with Gasteiger partial charge in [0.05, 0.1) is 13.2 Å². The van der Waals surface area contributed by atoms with Crippen LogP contribution in [-0.2, 0) is 4.74 Å². The maximum atomic E-state index is 5.26. The maximum absolute atomic E-state index is 5.26. The molecule has 0 bridgehead atoms. The molecule has 1 heterocycles. The van der Waals surface area contributed by atoms with Gasteiger partial charge in [0.1, 0.15) is 0 Å². The molecule has 0 spiro atoms. The van der Waals surface area contributed by atoms with Crippen LogP contribution in [0.25, 0.3) is 0 Å². The first kappa shape index (κ1) is 18.3. The zero-order chi connectivity index (χ0) is 15.4. The Morgan fingerprint density at radius 3 is 2.14 bits per heavy atom. The second-order valence-corrected chi connectivity index (χ2v) is 6.63. The van der Waals surface area contributed by atoms with E-state index in [1.807, 2.05) is 7.05 Å². The summed E-state index contributed by atoms with van der Waals surface area (Å²) < 4.78 is 5.26. The standard InChI is InChI=1S/C17H35N3O/c1-4-5-6-7-8-9-10-11-12-19-16(18-3)20-13-17(2)14-21-15-17/h4-15H2,1-3H3,(H2,18,19,20). The van der Waals surface area contributed by atoms with Crippen molar-refractivity contribution >= 4 is 5.96 Å². The zero-order valence-corrected chi connectivity index (χ0v) is 14.3. The van der Waals surface area contributed by atoms with Crippen LogP contribution in [0.1, 0.15) is 65.2 Å². The van der Waals surface area contributed by atoms with Crippen molar-refractivity contribution in [2.75, 3.05) is 33.4 Å². The molecule has 1 fully saturated rings. The van der Waals surface area contributed by atoms with Gasteiger partial charge in [-0.25, -0.2) is 0 Å². The summed E-state index contributed by atoms with van der Waals surface area (Å²) in [5, 5.41) is 6.80. The van der Waals surface area contributed by atoms with Crippen LogP contribution in [0.5, 0.6) is 0 Å². The first-order valence-corrected chi connectivity index (χ1v) is 8.72. The van der Waals surface area contributed by atoms with E-state index in [9.17, 15) is 0 Å². The number of hydrogen-bond donors (Lipinski definition) is 2. The van der Waals surface area contributed by atoms with Crippen LogP contribution in [0.2, 0.25) is 0 Å². The van der Waals surface area contributed by atoms with Crippen molar-refractivity contribution in [3.63, 3.8) is 0 Å². The molecule has 1 aliphatic rings.